The van der Waals surface area contributed by atoms with E-state index in [1.54, 1.807) is 30.5 Å². The van der Waals surface area contributed by atoms with Crippen LogP contribution in [0.2, 0.25) is 5.02 Å². The lowest BCUT2D eigenvalue weighted by Crippen LogP contribution is -2.45. The van der Waals surface area contributed by atoms with Crippen LogP contribution >= 0.6 is 11.6 Å². The van der Waals surface area contributed by atoms with Crippen LogP contribution in [0, 0.1) is 5.92 Å². The second-order valence-electron chi connectivity index (χ2n) is 6.77. The van der Waals surface area contributed by atoms with E-state index in [-0.39, 0.29) is 18.4 Å². The lowest BCUT2D eigenvalue weighted by atomic mass is 10.0. The van der Waals surface area contributed by atoms with Gasteiger partial charge in [-0.05, 0) is 18.1 Å². The highest BCUT2D eigenvalue weighted by molar-refractivity contribution is 6.33. The van der Waals surface area contributed by atoms with Gasteiger partial charge in [-0.1, -0.05) is 67.9 Å². The van der Waals surface area contributed by atoms with Crippen LogP contribution in [0.5, 0.6) is 0 Å². The largest absolute Gasteiger partial charge is 0.454 e. The van der Waals surface area contributed by atoms with E-state index in [0.29, 0.717) is 16.3 Å². The number of hydrogen-bond acceptors (Lipinski definition) is 5. The molecule has 6 nitrogen and oxygen atoms in total. The summed E-state index contributed by atoms with van der Waals surface area (Å²) in [6.07, 6.45) is 1.58. The molecule has 0 unspecified atom stereocenters. The second kappa shape index (κ2) is 9.39. The van der Waals surface area contributed by atoms with E-state index in [4.69, 9.17) is 20.8 Å². The van der Waals surface area contributed by atoms with Crippen molar-refractivity contribution in [1.82, 2.24) is 10.3 Å². The van der Waals surface area contributed by atoms with E-state index in [1.165, 1.54) is 0 Å². The Kier molecular flexibility index (Phi) is 6.67. The predicted octanol–water partition coefficient (Wildman–Crippen LogP) is 4.49. The zero-order chi connectivity index (χ0) is 20.8. The van der Waals surface area contributed by atoms with Crippen molar-refractivity contribution < 1.29 is 18.7 Å². The third kappa shape index (κ3) is 5.23. The number of ether oxygens (including phenoxy) is 1. The lowest BCUT2D eigenvalue weighted by Gasteiger charge is -2.20. The molecule has 0 aliphatic rings. The molecule has 1 heterocycles. The summed E-state index contributed by atoms with van der Waals surface area (Å²) < 4.78 is 11.0. The van der Waals surface area contributed by atoms with Crippen molar-refractivity contribution in [2.45, 2.75) is 26.5 Å². The molecule has 150 valence electrons. The van der Waals surface area contributed by atoms with Gasteiger partial charge in [0.15, 0.2) is 12.4 Å². The standard InChI is InChI=1S/C22H21ClN2O4/c1-14(2)20(25-21(26)16-10-6-7-11-17(16)23)22(27)28-13-19-24-12-18(29-19)15-8-4-3-5-9-15/h3-12,14,20H,13H2,1-2H3,(H,25,26)/t20-/m0/s1. The van der Waals surface area contributed by atoms with E-state index in [1.807, 2.05) is 44.2 Å². The number of amides is 1. The van der Waals surface area contributed by atoms with E-state index in [9.17, 15) is 9.59 Å². The van der Waals surface area contributed by atoms with Gasteiger partial charge < -0.3 is 14.5 Å². The first-order valence-corrected chi connectivity index (χ1v) is 9.55. The molecule has 0 aliphatic heterocycles. The average Bonchev–Trinajstić information content (AvgIpc) is 3.20. The molecule has 0 bridgehead atoms. The highest BCUT2D eigenvalue weighted by Gasteiger charge is 2.27. The summed E-state index contributed by atoms with van der Waals surface area (Å²) in [5.41, 5.74) is 1.18. The van der Waals surface area contributed by atoms with Crippen LogP contribution < -0.4 is 5.32 Å². The van der Waals surface area contributed by atoms with Crippen LogP contribution in [0.15, 0.2) is 65.2 Å². The fourth-order valence-corrected chi connectivity index (χ4v) is 2.92. The summed E-state index contributed by atoms with van der Waals surface area (Å²) in [5.74, 6) is -0.326. The summed E-state index contributed by atoms with van der Waals surface area (Å²) in [7, 11) is 0. The van der Waals surface area contributed by atoms with Gasteiger partial charge in [-0.3, -0.25) is 4.79 Å². The van der Waals surface area contributed by atoms with Crippen molar-refractivity contribution in [3.63, 3.8) is 0 Å². The molecule has 0 spiro atoms. The van der Waals surface area contributed by atoms with Crippen molar-refractivity contribution in [3.8, 4) is 11.3 Å². The van der Waals surface area contributed by atoms with E-state index in [0.717, 1.165) is 5.56 Å². The smallest absolute Gasteiger partial charge is 0.329 e. The van der Waals surface area contributed by atoms with Crippen molar-refractivity contribution in [3.05, 3.63) is 77.3 Å². The third-order valence-electron chi connectivity index (χ3n) is 4.28. The molecule has 1 N–H and O–H groups in total. The molecule has 7 heteroatoms. The van der Waals surface area contributed by atoms with Crippen LogP contribution in [0.1, 0.15) is 30.1 Å². The van der Waals surface area contributed by atoms with Crippen molar-refractivity contribution >= 4 is 23.5 Å². The number of esters is 1. The molecule has 3 aromatic rings. The molecule has 0 saturated heterocycles. The number of benzene rings is 2. The van der Waals surface area contributed by atoms with E-state index >= 15 is 0 Å². The monoisotopic (exact) mass is 412 g/mol. The molecule has 0 aliphatic carbocycles. The molecule has 1 atom stereocenters. The number of hydrogen-bond donors (Lipinski definition) is 1. The Morgan fingerprint density at radius 1 is 1.10 bits per heavy atom. The Morgan fingerprint density at radius 3 is 2.48 bits per heavy atom. The quantitative estimate of drug-likeness (QED) is 0.578. The Morgan fingerprint density at radius 2 is 1.79 bits per heavy atom. The zero-order valence-electron chi connectivity index (χ0n) is 16.1. The highest BCUT2D eigenvalue weighted by Crippen LogP contribution is 2.20. The van der Waals surface area contributed by atoms with Crippen LogP contribution in [-0.2, 0) is 16.1 Å². The van der Waals surface area contributed by atoms with Crippen LogP contribution in [0.3, 0.4) is 0 Å². The molecule has 2 aromatic carbocycles. The minimum absolute atomic E-state index is 0.128. The third-order valence-corrected chi connectivity index (χ3v) is 4.61. The molecule has 1 aromatic heterocycles. The average molecular weight is 413 g/mol. The number of oxazole rings is 1. The van der Waals surface area contributed by atoms with Gasteiger partial charge in [0.05, 0.1) is 16.8 Å². The molecule has 1 amide bonds. The SMILES string of the molecule is CC(C)[C@H](NC(=O)c1ccccc1Cl)C(=O)OCc1ncc(-c2ccccc2)o1. The summed E-state index contributed by atoms with van der Waals surface area (Å²) in [6, 6.07) is 15.3. The molecule has 0 radical (unpaired) electrons. The first kappa shape index (κ1) is 20.6. The molecular formula is C22H21ClN2O4. The Hall–Kier alpha value is -3.12. The minimum atomic E-state index is -0.831. The van der Waals surface area contributed by atoms with Gasteiger partial charge >= 0.3 is 5.97 Å². The topological polar surface area (TPSA) is 81.4 Å². The fraction of sp³-hybridized carbons (Fsp3) is 0.227. The van der Waals surface area contributed by atoms with Crippen molar-refractivity contribution in [2.75, 3.05) is 0 Å². The minimum Gasteiger partial charge on any atom is -0.454 e. The molecular weight excluding hydrogens is 392 g/mol. The van der Waals surface area contributed by atoms with Gasteiger partial charge in [-0.15, -0.1) is 0 Å². The molecule has 0 saturated carbocycles. The maximum Gasteiger partial charge on any atom is 0.329 e. The summed E-state index contributed by atoms with van der Waals surface area (Å²) in [4.78, 5) is 29.2. The predicted molar refractivity (Wildman–Crippen MR) is 109 cm³/mol. The van der Waals surface area contributed by atoms with Gasteiger partial charge in [0, 0.05) is 5.56 Å². The van der Waals surface area contributed by atoms with E-state index in [2.05, 4.69) is 10.3 Å². The van der Waals surface area contributed by atoms with Gasteiger partial charge in [-0.25, -0.2) is 9.78 Å². The maximum atomic E-state index is 12.5. The van der Waals surface area contributed by atoms with Gasteiger partial charge in [-0.2, -0.15) is 0 Å². The van der Waals surface area contributed by atoms with Crippen LogP contribution in [0.25, 0.3) is 11.3 Å². The Balaban J connectivity index is 1.62. The first-order chi connectivity index (χ1) is 14.0. The van der Waals surface area contributed by atoms with Crippen molar-refractivity contribution in [2.24, 2.45) is 5.92 Å². The van der Waals surface area contributed by atoms with E-state index < -0.39 is 17.9 Å². The summed E-state index contributed by atoms with van der Waals surface area (Å²) in [6.45, 7) is 3.51. The Labute approximate surface area is 173 Å². The number of aromatic nitrogens is 1. The molecule has 3 rings (SSSR count). The number of nitrogens with zero attached hydrogens (tertiary/aromatic N) is 1. The first-order valence-electron chi connectivity index (χ1n) is 9.18. The summed E-state index contributed by atoms with van der Waals surface area (Å²) in [5, 5.41) is 3.01. The molecule has 29 heavy (non-hydrogen) atoms. The highest BCUT2D eigenvalue weighted by atomic mass is 35.5. The van der Waals surface area contributed by atoms with Crippen molar-refractivity contribution in [1.29, 1.82) is 0 Å². The number of rotatable bonds is 7. The normalized spacial score (nSPS) is 11.9. The van der Waals surface area contributed by atoms with Crippen LogP contribution in [-0.4, -0.2) is 22.9 Å². The zero-order valence-corrected chi connectivity index (χ0v) is 16.8. The van der Waals surface area contributed by atoms with Gasteiger partial charge in [0.2, 0.25) is 5.89 Å². The van der Waals surface area contributed by atoms with Gasteiger partial charge in [0.1, 0.15) is 6.04 Å². The Bertz CT molecular complexity index is 985. The lowest BCUT2D eigenvalue weighted by molar-refractivity contribution is -0.149. The summed E-state index contributed by atoms with van der Waals surface area (Å²) >= 11 is 6.06. The van der Waals surface area contributed by atoms with Crippen LogP contribution in [0.4, 0.5) is 0 Å². The van der Waals surface area contributed by atoms with Gasteiger partial charge in [0.25, 0.3) is 5.91 Å². The number of nitrogens with one attached hydrogen (secondary N) is 1. The number of halogens is 1. The second-order valence-corrected chi connectivity index (χ2v) is 7.17. The number of carbonyl (C=O) groups excluding carboxylic acids is 2. The maximum absolute atomic E-state index is 12.5. The number of carbonyl (C=O) groups is 2. The fourth-order valence-electron chi connectivity index (χ4n) is 2.70. The molecule has 0 fully saturated rings.